The summed E-state index contributed by atoms with van der Waals surface area (Å²) in [5.74, 6) is 0.497. The van der Waals surface area contributed by atoms with Gasteiger partial charge in [0.25, 0.3) is 11.6 Å². The summed E-state index contributed by atoms with van der Waals surface area (Å²) in [5.41, 5.74) is 4.49. The third-order valence-corrected chi connectivity index (χ3v) is 6.26. The Labute approximate surface area is 176 Å². The maximum Gasteiger partial charge on any atom is 0.297 e. The van der Waals surface area contributed by atoms with Crippen LogP contribution in [0.15, 0.2) is 29.2 Å². The number of hydrogen-bond donors (Lipinski definition) is 0. The highest BCUT2D eigenvalue weighted by Crippen LogP contribution is 2.36. The van der Waals surface area contributed by atoms with Crippen molar-refractivity contribution in [3.63, 3.8) is 0 Å². The van der Waals surface area contributed by atoms with Crippen LogP contribution >= 0.6 is 0 Å². The van der Waals surface area contributed by atoms with E-state index >= 15 is 0 Å². The molecule has 0 spiro atoms. The van der Waals surface area contributed by atoms with Gasteiger partial charge in [-0.2, -0.15) is 4.98 Å². The van der Waals surface area contributed by atoms with Crippen LogP contribution in [0.5, 0.6) is 6.01 Å². The molecule has 7 nitrogen and oxygen atoms in total. The molecular formula is C22H27N3O4S. The van der Waals surface area contributed by atoms with E-state index in [4.69, 9.17) is 4.74 Å². The summed E-state index contributed by atoms with van der Waals surface area (Å²) < 4.78 is 33.7. The first-order valence-corrected chi connectivity index (χ1v) is 12.2. The van der Waals surface area contributed by atoms with Crippen LogP contribution in [0.25, 0.3) is 22.2 Å². The minimum Gasteiger partial charge on any atom is -0.465 e. The van der Waals surface area contributed by atoms with E-state index in [2.05, 4.69) is 9.55 Å². The third kappa shape index (κ3) is 4.14. The van der Waals surface area contributed by atoms with Gasteiger partial charge in [-0.15, -0.1) is 0 Å². The zero-order valence-corrected chi connectivity index (χ0v) is 18.6. The first kappa shape index (κ1) is 20.7. The largest absolute Gasteiger partial charge is 0.465 e. The maximum atomic E-state index is 12.1. The molecule has 1 aromatic carbocycles. The Morgan fingerprint density at radius 2 is 1.93 bits per heavy atom. The Balaban J connectivity index is 1.98. The highest BCUT2D eigenvalue weighted by molar-refractivity contribution is 7.89. The van der Waals surface area contributed by atoms with E-state index in [-0.39, 0.29) is 11.3 Å². The Kier molecular flexibility index (Phi) is 5.22. The van der Waals surface area contributed by atoms with Crippen molar-refractivity contribution >= 4 is 20.9 Å². The first-order chi connectivity index (χ1) is 14.2. The fourth-order valence-electron chi connectivity index (χ4n) is 3.84. The second kappa shape index (κ2) is 7.58. The van der Waals surface area contributed by atoms with Gasteiger partial charge in [-0.3, -0.25) is 9.36 Å². The van der Waals surface area contributed by atoms with Crippen molar-refractivity contribution in [1.82, 2.24) is 14.1 Å². The van der Waals surface area contributed by atoms with Gasteiger partial charge in [-0.25, -0.2) is 8.42 Å². The predicted octanol–water partition coefficient (Wildman–Crippen LogP) is 3.06. The van der Waals surface area contributed by atoms with Gasteiger partial charge in [0, 0.05) is 31.6 Å². The van der Waals surface area contributed by atoms with Crippen molar-refractivity contribution in [1.29, 1.82) is 0 Å². The minimum absolute atomic E-state index is 0.0476. The molecule has 1 aliphatic rings. The number of ether oxygens (including phenoxy) is 1. The van der Waals surface area contributed by atoms with E-state index in [1.165, 1.54) is 19.1 Å². The molecule has 3 aromatic rings. The summed E-state index contributed by atoms with van der Waals surface area (Å²) in [5, 5.41) is 0. The highest BCUT2D eigenvalue weighted by Gasteiger charge is 2.26. The van der Waals surface area contributed by atoms with Gasteiger partial charge < -0.3 is 9.30 Å². The van der Waals surface area contributed by atoms with Gasteiger partial charge in [-0.1, -0.05) is 0 Å². The van der Waals surface area contributed by atoms with E-state index in [0.717, 1.165) is 23.2 Å². The van der Waals surface area contributed by atoms with Crippen LogP contribution in [0.3, 0.4) is 0 Å². The molecule has 0 amide bonds. The van der Waals surface area contributed by atoms with Crippen LogP contribution < -0.4 is 10.3 Å². The van der Waals surface area contributed by atoms with Crippen molar-refractivity contribution in [2.75, 3.05) is 12.9 Å². The number of aromatic nitrogens is 3. The Morgan fingerprint density at radius 1 is 1.20 bits per heavy atom. The Bertz CT molecular complexity index is 1260. The summed E-state index contributed by atoms with van der Waals surface area (Å²) in [6.45, 7) is 4.99. The molecule has 0 atom stereocenters. The summed E-state index contributed by atoms with van der Waals surface area (Å²) in [7, 11) is -1.54. The van der Waals surface area contributed by atoms with Crippen LogP contribution in [-0.2, 0) is 29.2 Å². The van der Waals surface area contributed by atoms with Gasteiger partial charge in [0.15, 0.2) is 9.84 Å². The van der Waals surface area contributed by atoms with E-state index in [1.54, 1.807) is 24.7 Å². The molecule has 0 aliphatic heterocycles. The lowest BCUT2D eigenvalue weighted by Gasteiger charge is -2.12. The van der Waals surface area contributed by atoms with Crippen LogP contribution in [0, 0.1) is 12.8 Å². The van der Waals surface area contributed by atoms with Crippen molar-refractivity contribution in [2.24, 2.45) is 13.0 Å². The number of pyridine rings is 1. The molecule has 0 bridgehead atoms. The highest BCUT2D eigenvalue weighted by atomic mass is 32.2. The van der Waals surface area contributed by atoms with Crippen LogP contribution in [0.1, 0.15) is 30.9 Å². The van der Waals surface area contributed by atoms with Gasteiger partial charge in [-0.05, 0) is 67.5 Å². The smallest absolute Gasteiger partial charge is 0.297 e. The third-order valence-electron chi connectivity index (χ3n) is 5.42. The lowest BCUT2D eigenvalue weighted by molar-refractivity contribution is 0.296. The summed E-state index contributed by atoms with van der Waals surface area (Å²) in [4.78, 5) is 16.8. The fraction of sp³-hybridized carbons (Fsp3) is 0.455. The second-order valence-corrected chi connectivity index (χ2v) is 10.4. The molecule has 0 unspecified atom stereocenters. The molecule has 0 saturated heterocycles. The van der Waals surface area contributed by atoms with Crippen LogP contribution in [0.2, 0.25) is 0 Å². The fourth-order valence-corrected chi connectivity index (χ4v) is 4.63. The number of rotatable bonds is 7. The molecule has 2 aromatic heterocycles. The molecule has 1 saturated carbocycles. The quantitative estimate of drug-likeness (QED) is 0.576. The van der Waals surface area contributed by atoms with E-state index in [1.807, 2.05) is 25.1 Å². The molecular weight excluding hydrogens is 402 g/mol. The summed E-state index contributed by atoms with van der Waals surface area (Å²) >= 11 is 0. The lowest BCUT2D eigenvalue weighted by atomic mass is 10.0. The standard InChI is InChI=1S/C22H27N3O4S/c1-5-29-22-23-20-18(13-30(4,27)28)9-16(10-19(20)25(22)11-15-6-7-15)17-8-14(2)21(26)24(3)12-17/h8-10,12,15H,5-7,11,13H2,1-4H3. The van der Waals surface area contributed by atoms with Crippen LogP contribution in [-0.4, -0.2) is 35.4 Å². The predicted molar refractivity (Wildman–Crippen MR) is 118 cm³/mol. The van der Waals surface area contributed by atoms with Gasteiger partial charge in [0.1, 0.15) is 0 Å². The number of benzene rings is 1. The van der Waals surface area contributed by atoms with Crippen molar-refractivity contribution in [2.45, 2.75) is 39.0 Å². The molecule has 0 radical (unpaired) electrons. The maximum absolute atomic E-state index is 12.1. The number of fused-ring (bicyclic) bond motifs is 1. The monoisotopic (exact) mass is 429 g/mol. The summed E-state index contributed by atoms with van der Waals surface area (Å²) in [6, 6.07) is 6.27. The molecule has 8 heteroatoms. The summed E-state index contributed by atoms with van der Waals surface area (Å²) in [6.07, 6.45) is 5.38. The average Bonchev–Trinajstić information content (AvgIpc) is 3.41. The van der Waals surface area contributed by atoms with Crippen molar-refractivity contribution < 1.29 is 13.2 Å². The van der Waals surface area contributed by atoms with E-state index < -0.39 is 9.84 Å². The van der Waals surface area contributed by atoms with Gasteiger partial charge >= 0.3 is 0 Å². The Hall–Kier alpha value is -2.61. The minimum atomic E-state index is -3.26. The number of imidazole rings is 1. The average molecular weight is 430 g/mol. The molecule has 30 heavy (non-hydrogen) atoms. The van der Waals surface area contributed by atoms with Crippen LogP contribution in [0.4, 0.5) is 0 Å². The Morgan fingerprint density at radius 3 is 2.53 bits per heavy atom. The van der Waals surface area contributed by atoms with Crippen molar-refractivity contribution in [3.8, 4) is 17.1 Å². The SMILES string of the molecule is CCOc1nc2c(CS(C)(=O)=O)cc(-c3cc(C)c(=O)n(C)c3)cc2n1CC1CC1. The molecule has 4 rings (SSSR count). The zero-order chi connectivity index (χ0) is 21.6. The molecule has 160 valence electrons. The topological polar surface area (TPSA) is 83.2 Å². The molecule has 1 fully saturated rings. The molecule has 2 heterocycles. The number of hydrogen-bond acceptors (Lipinski definition) is 5. The van der Waals surface area contributed by atoms with Gasteiger partial charge in [0.2, 0.25) is 0 Å². The van der Waals surface area contributed by atoms with E-state index in [9.17, 15) is 13.2 Å². The van der Waals surface area contributed by atoms with E-state index in [0.29, 0.717) is 35.2 Å². The zero-order valence-electron chi connectivity index (χ0n) is 17.8. The lowest BCUT2D eigenvalue weighted by Crippen LogP contribution is -2.18. The number of sulfone groups is 1. The second-order valence-electron chi connectivity index (χ2n) is 8.28. The number of nitrogens with zero attached hydrogens (tertiary/aromatic N) is 3. The van der Waals surface area contributed by atoms with Crippen molar-refractivity contribution in [3.05, 3.63) is 45.9 Å². The molecule has 1 aliphatic carbocycles. The van der Waals surface area contributed by atoms with Gasteiger partial charge in [0.05, 0.1) is 23.4 Å². The molecule has 0 N–H and O–H groups in total. The normalized spacial score (nSPS) is 14.4. The first-order valence-electron chi connectivity index (χ1n) is 10.2. The number of aryl methyl sites for hydroxylation is 2.